The van der Waals surface area contributed by atoms with E-state index in [0.29, 0.717) is 102 Å². The van der Waals surface area contributed by atoms with Crippen LogP contribution in [0.1, 0.15) is 193 Å². The van der Waals surface area contributed by atoms with Crippen LogP contribution in [0.5, 0.6) is 0 Å². The molecule has 3 fully saturated rings. The first-order chi connectivity index (χ1) is 70.9. The van der Waals surface area contributed by atoms with Gasteiger partial charge in [0.15, 0.2) is 6.10 Å². The van der Waals surface area contributed by atoms with Crippen LogP contribution in [0.25, 0.3) is 0 Å². The number of aliphatic imine (C=N–C) groups is 5. The molecule has 2 saturated carbocycles. The van der Waals surface area contributed by atoms with Gasteiger partial charge in [0.25, 0.3) is 0 Å². The zero-order valence-corrected chi connectivity index (χ0v) is 85.5. The van der Waals surface area contributed by atoms with Crippen LogP contribution in [0.4, 0.5) is 28.4 Å². The smallest absolute Gasteiger partial charge is 0.331 e. The van der Waals surface area contributed by atoms with Crippen molar-refractivity contribution >= 4 is 104 Å². The molecule has 5 aromatic rings. The van der Waals surface area contributed by atoms with Crippen LogP contribution >= 0.6 is 11.6 Å². The summed E-state index contributed by atoms with van der Waals surface area (Å²) in [5.41, 5.74) is 18.5. The van der Waals surface area contributed by atoms with Gasteiger partial charge in [0.05, 0.1) is 51.9 Å². The Bertz CT molecular complexity index is 6320. The third-order valence-corrected chi connectivity index (χ3v) is 26.2. The number of allylic oxidation sites excluding steroid dienone is 10. The molecule has 34 nitrogen and oxygen atoms in total. The van der Waals surface area contributed by atoms with E-state index in [9.17, 15) is 79.3 Å². The molecule has 784 valence electrons. The summed E-state index contributed by atoms with van der Waals surface area (Å²) in [4.78, 5) is 143. The molecule has 149 heavy (non-hydrogen) atoms. The fourth-order valence-electron chi connectivity index (χ4n) is 18.2. The summed E-state index contributed by atoms with van der Waals surface area (Å²) >= 11 is 5.11. The van der Waals surface area contributed by atoms with E-state index in [1.807, 2.05) is 140 Å². The molecule has 5 unspecified atom stereocenters. The number of rotatable bonds is 20. The standard InChI is InChI=1S/C21H24N2O4.C21H22N2O4.C21H20N2O4.C12H13NO.C12H11NO.2C9H11NO4.C5H9ClO.C4H6O/c1-11-19-16(21(24)27-11)9-13-8-14(23(25)26)6-7-15(13)20(19)18-10-12-4-2-3-5-17(12)22-18;2*1-15(9-11-18-14-17-6-2-3-8-20(17)22-18)27-21(24)12-10-16-5-4-7-19(13-16)23(25)26;2*1-9(14)6-7-11-8-10-4-2-3-5-12(10)13-11;2*11-9(12)5-4-7-2-1-3-8(6-7)10(13)14;1-5(2,3)4(6)7;1-3-4(2)5/h2-5,11,13-16,19-20H,6-10H2,1H3;2-3,5-6,8-12,15,19H,4,7,13-14H2,1H3;2-3,5-6,8,10,12,15,19H,4,7,13-14H2,1H3;2-7,9,14H,8H2,1H3;2-5,9,14H,8H2,1H3;2*2,4-5,8H,1,3,6H2,(H,11,12);1-3H3;1,4-5H,2H3/b;11-9-,12-10+;12-10+;7-6-;;2*5-4+;;/t11-,13?,14-,15-,16-,19-,20-;2*15-,19?;2*9-;;;;4-/m11111...1/s1. The molecule has 0 bridgehead atoms. The van der Waals surface area contributed by atoms with E-state index in [-0.39, 0.29) is 77.1 Å². The van der Waals surface area contributed by atoms with Crippen molar-refractivity contribution in [3.63, 3.8) is 0 Å². The van der Waals surface area contributed by atoms with Crippen LogP contribution in [0.2, 0.25) is 0 Å². The Labute approximate surface area is 871 Å². The summed E-state index contributed by atoms with van der Waals surface area (Å²) in [7, 11) is 0. The van der Waals surface area contributed by atoms with Gasteiger partial charge in [-0.15, -0.1) is 6.42 Å². The van der Waals surface area contributed by atoms with Crippen molar-refractivity contribution in [2.24, 2.45) is 60.0 Å². The SMILES string of the molecule is C#C[C@@H](C)O.CC(C)(C)C(=O)Cl.C[C@@H](O)/C=C\C1=Nc2ccccc2C1.C[C@@H](O)C#CC1=Nc2ccccc2C1.C[C@H](/C=C\C1=Nc2ccccc2C1)OC(=O)/C=C/C1=CCCC([N+](=O)[O-])C1.C[C@H](C#CC1=Nc2ccccc2C1)OC(=O)/C=C/C1=CCCC([N+](=O)[O-])C1.C[C@H]1OC(=O)[C@@H]2CC3C[C@H]([N+](=O)[O-])CC[C@H]3[C@H](C3=Nc4ccccc4C3)[C@H]12.O=C(O)/C=C/C1=CCCC([N+](=O)[O-])C1.O=C(O)/C=C/C1=CCCC([N+](=O)[O-])C1. The van der Waals surface area contributed by atoms with Crippen molar-refractivity contribution in [3.05, 3.63) is 319 Å². The number of terminal acetylenes is 1. The molecular weight excluding hydrogens is 1930 g/mol. The maximum Gasteiger partial charge on any atom is 0.331 e. The topological polar surface area (TPSA) is 509 Å². The fourth-order valence-corrected chi connectivity index (χ4v) is 18.2. The maximum absolute atomic E-state index is 12.5. The van der Waals surface area contributed by atoms with Gasteiger partial charge in [-0.3, -0.25) is 75.1 Å². The van der Waals surface area contributed by atoms with Gasteiger partial charge < -0.3 is 39.7 Å². The average molecular weight is 2060 g/mol. The lowest BCUT2D eigenvalue weighted by atomic mass is 9.55. The van der Waals surface area contributed by atoms with Crippen molar-refractivity contribution in [1.29, 1.82) is 0 Å². The molecule has 6 aliphatic heterocycles. The molecule has 16 atom stereocenters. The summed E-state index contributed by atoms with van der Waals surface area (Å²) in [6.07, 6.45) is 40.5. The summed E-state index contributed by atoms with van der Waals surface area (Å²) in [6, 6.07) is 37.4. The number of hydrogen-bond donors (Lipinski definition) is 5. The average Bonchev–Trinajstić information content (AvgIpc) is 1.59. The van der Waals surface area contributed by atoms with Crippen molar-refractivity contribution < 1.29 is 93.1 Å². The van der Waals surface area contributed by atoms with Gasteiger partial charge in [-0.1, -0.05) is 184 Å². The first-order valence-corrected chi connectivity index (χ1v) is 49.9. The van der Waals surface area contributed by atoms with Gasteiger partial charge in [0.2, 0.25) is 35.5 Å². The minimum absolute atomic E-state index is 0.104. The van der Waals surface area contributed by atoms with E-state index in [1.165, 1.54) is 46.6 Å². The molecular formula is C114H127ClN10O24. The van der Waals surface area contributed by atoms with Gasteiger partial charge in [-0.25, -0.2) is 29.2 Å². The van der Waals surface area contributed by atoms with Crippen LogP contribution in [0, 0.1) is 122 Å². The molecule has 5 aromatic carbocycles. The normalized spacial score (nSPS) is 22.5. The van der Waals surface area contributed by atoms with Crippen molar-refractivity contribution in [3.8, 4) is 36.0 Å². The number of nitro groups is 5. The summed E-state index contributed by atoms with van der Waals surface area (Å²) in [5.74, 6) is 11.1. The minimum Gasteiger partial charge on any atom is -0.478 e. The molecule has 35 heteroatoms. The Morgan fingerprint density at radius 1 is 0.470 bits per heavy atom. The van der Waals surface area contributed by atoms with E-state index in [1.54, 1.807) is 79.7 Å². The lowest BCUT2D eigenvalue weighted by Gasteiger charge is -2.47. The zero-order chi connectivity index (χ0) is 109. The quantitative estimate of drug-likeness (QED) is 0.00919. The van der Waals surface area contributed by atoms with E-state index >= 15 is 0 Å². The van der Waals surface area contributed by atoms with Crippen LogP contribution in [0.15, 0.2) is 266 Å². The van der Waals surface area contributed by atoms with Gasteiger partial charge in [0.1, 0.15) is 24.4 Å². The molecule has 0 aromatic heterocycles. The number of aliphatic hydroxyl groups is 3. The molecule has 6 heterocycles. The van der Waals surface area contributed by atoms with Crippen LogP contribution < -0.4 is 0 Å². The van der Waals surface area contributed by atoms with Gasteiger partial charge in [-0.05, 0) is 214 Å². The number of carboxylic acids is 2. The van der Waals surface area contributed by atoms with Gasteiger partial charge in [0, 0.05) is 180 Å². The lowest BCUT2D eigenvalue weighted by Crippen LogP contribution is -2.49. The van der Waals surface area contributed by atoms with Crippen LogP contribution in [-0.2, 0) is 75.1 Å². The van der Waals surface area contributed by atoms with Crippen molar-refractivity contribution in [2.45, 2.75) is 264 Å². The molecule has 0 radical (unpaired) electrons. The first-order valence-electron chi connectivity index (χ1n) is 49.6. The van der Waals surface area contributed by atoms with E-state index < -0.39 is 78.5 Å². The third kappa shape index (κ3) is 39.1. The van der Waals surface area contributed by atoms with Crippen molar-refractivity contribution in [2.75, 3.05) is 0 Å². The Kier molecular flexibility index (Phi) is 45.9. The lowest BCUT2D eigenvalue weighted by molar-refractivity contribution is -0.529. The molecule has 1 saturated heterocycles. The second kappa shape index (κ2) is 58.3. The highest BCUT2D eigenvalue weighted by Gasteiger charge is 2.58. The number of cyclic esters (lactones) is 1. The number of fused-ring (bicyclic) bond motifs is 7. The second-order valence-electron chi connectivity index (χ2n) is 38.5. The Balaban J connectivity index is 0.000000193. The van der Waals surface area contributed by atoms with E-state index in [2.05, 4.69) is 80.3 Å². The third-order valence-electron chi connectivity index (χ3n) is 25.7. The van der Waals surface area contributed by atoms with Gasteiger partial charge >= 0.3 is 29.8 Å². The predicted molar refractivity (Wildman–Crippen MR) is 570 cm³/mol. The predicted octanol–water partition coefficient (Wildman–Crippen LogP) is 19.8. The number of aliphatic hydroxyl groups excluding tert-OH is 3. The highest BCUT2D eigenvalue weighted by Crippen LogP contribution is 2.55. The summed E-state index contributed by atoms with van der Waals surface area (Å²) in [5, 5.41) is 96.7. The monoisotopic (exact) mass is 2050 g/mol. The van der Waals surface area contributed by atoms with Crippen LogP contribution in [0.3, 0.4) is 0 Å². The summed E-state index contributed by atoms with van der Waals surface area (Å²) < 4.78 is 16.2. The number of hydrogen-bond acceptors (Lipinski definition) is 27. The highest BCUT2D eigenvalue weighted by atomic mass is 35.5. The number of benzene rings is 5. The van der Waals surface area contributed by atoms with Crippen LogP contribution in [-0.4, -0.2) is 181 Å². The summed E-state index contributed by atoms with van der Waals surface area (Å²) in [6.45, 7) is 15.8. The number of carboxylic acid groups (broad SMARTS) is 2. The number of esters is 3. The fraction of sp³-hybridized carbons (Fsp3) is 0.412. The molecule has 6 aliphatic carbocycles. The largest absolute Gasteiger partial charge is 0.478 e. The molecule has 5 N–H and O–H groups in total. The molecule has 0 amide bonds. The molecule has 17 rings (SSSR count). The number of carbonyl (C=O) groups excluding carboxylic acids is 4. The minimum atomic E-state index is -1.03. The number of aliphatic carboxylic acids is 2. The molecule has 0 spiro atoms. The Hall–Kier alpha value is -15.3. The number of carbonyl (C=O) groups is 6. The van der Waals surface area contributed by atoms with E-state index in [0.717, 1.165) is 136 Å². The second-order valence-corrected chi connectivity index (χ2v) is 38.8. The number of para-hydroxylation sites is 5. The maximum atomic E-state index is 12.5. The van der Waals surface area contributed by atoms with E-state index in [4.69, 9.17) is 56.3 Å². The number of nitrogens with zero attached hydrogens (tertiary/aromatic N) is 10. The zero-order valence-electron chi connectivity index (χ0n) is 84.8. The van der Waals surface area contributed by atoms with Gasteiger partial charge in [-0.2, -0.15) is 0 Å². The molecule has 12 aliphatic rings. The highest BCUT2D eigenvalue weighted by molar-refractivity contribution is 6.64. The Morgan fingerprint density at radius 2 is 0.826 bits per heavy atom. The Morgan fingerprint density at radius 3 is 1.18 bits per heavy atom. The van der Waals surface area contributed by atoms with Crippen molar-refractivity contribution in [1.82, 2.24) is 0 Å². The number of halogens is 1. The first kappa shape index (κ1) is 117. The number of ether oxygens (including phenoxy) is 3.